The van der Waals surface area contributed by atoms with Gasteiger partial charge in [-0.3, -0.25) is 19.7 Å². The lowest BCUT2D eigenvalue weighted by Crippen LogP contribution is -2.23. The third-order valence-corrected chi connectivity index (χ3v) is 3.75. The fourth-order valence-electron chi connectivity index (χ4n) is 2.36. The van der Waals surface area contributed by atoms with E-state index in [0.717, 1.165) is 17.7 Å². The minimum Gasteiger partial charge on any atom is -0.347 e. The van der Waals surface area contributed by atoms with Crippen LogP contribution in [0.1, 0.15) is 32.0 Å². The highest BCUT2D eigenvalue weighted by Gasteiger charge is 2.16. The van der Waals surface area contributed by atoms with Crippen molar-refractivity contribution in [2.75, 3.05) is 5.32 Å². The van der Waals surface area contributed by atoms with Gasteiger partial charge in [-0.15, -0.1) is 0 Å². The predicted molar refractivity (Wildman–Crippen MR) is 93.0 cm³/mol. The van der Waals surface area contributed by atoms with E-state index in [1.165, 1.54) is 13.0 Å². The number of aryl methyl sites for hydroxylation is 1. The molecule has 0 atom stereocenters. The number of benzene rings is 1. The lowest BCUT2D eigenvalue weighted by Gasteiger charge is -2.06. The van der Waals surface area contributed by atoms with Gasteiger partial charge in [0.25, 0.3) is 11.8 Å². The molecule has 1 aromatic carbocycles. The van der Waals surface area contributed by atoms with Gasteiger partial charge in [-0.05, 0) is 36.2 Å². The first-order valence-corrected chi connectivity index (χ1v) is 7.93. The van der Waals surface area contributed by atoms with Crippen LogP contribution in [0.2, 0.25) is 0 Å². The number of amides is 2. The minimum absolute atomic E-state index is 0.0221. The number of carbonyl (C=O) groups is 2. The highest BCUT2D eigenvalue weighted by Crippen LogP contribution is 2.16. The van der Waals surface area contributed by atoms with E-state index in [1.54, 1.807) is 18.5 Å². The van der Waals surface area contributed by atoms with E-state index in [4.69, 9.17) is 0 Å². The Morgan fingerprint density at radius 3 is 2.67 bits per heavy atom. The van der Waals surface area contributed by atoms with E-state index in [0.29, 0.717) is 0 Å². The predicted octanol–water partition coefficient (Wildman–Crippen LogP) is 2.57. The van der Waals surface area contributed by atoms with Crippen molar-refractivity contribution in [3.8, 4) is 0 Å². The molecule has 0 unspecified atom stereocenters. The van der Waals surface area contributed by atoms with Crippen molar-refractivity contribution in [2.45, 2.75) is 13.5 Å². The van der Waals surface area contributed by atoms with Crippen LogP contribution in [0.25, 0.3) is 0 Å². The maximum absolute atomic E-state index is 13.4. The summed E-state index contributed by atoms with van der Waals surface area (Å²) in [6.07, 6.45) is 3.25. The summed E-state index contributed by atoms with van der Waals surface area (Å²) < 4.78 is 26.5. The van der Waals surface area contributed by atoms with E-state index in [2.05, 4.69) is 25.8 Å². The number of hydrogen-bond donors (Lipinski definition) is 3. The molecule has 0 saturated heterocycles. The maximum Gasteiger partial charge on any atom is 0.272 e. The van der Waals surface area contributed by atoms with Crippen molar-refractivity contribution in [3.63, 3.8) is 0 Å². The molecule has 3 rings (SSSR count). The number of pyridine rings is 1. The summed E-state index contributed by atoms with van der Waals surface area (Å²) in [6.45, 7) is 1.76. The number of halogens is 2. The topological polar surface area (TPSA) is 99.8 Å². The Labute approximate surface area is 152 Å². The molecule has 2 heterocycles. The molecule has 0 radical (unpaired) electrons. The molecule has 0 fully saturated rings. The number of anilines is 1. The van der Waals surface area contributed by atoms with Crippen molar-refractivity contribution in [3.05, 3.63) is 76.7 Å². The summed E-state index contributed by atoms with van der Waals surface area (Å²) in [5.74, 6) is -3.10. The third kappa shape index (κ3) is 4.32. The average molecular weight is 371 g/mol. The second kappa shape index (κ2) is 7.73. The zero-order chi connectivity index (χ0) is 19.4. The Kier molecular flexibility index (Phi) is 5.20. The van der Waals surface area contributed by atoms with Gasteiger partial charge in [0.2, 0.25) is 0 Å². The number of aromatic nitrogens is 3. The number of aromatic amines is 1. The van der Waals surface area contributed by atoms with Crippen LogP contribution in [0.3, 0.4) is 0 Å². The molecule has 0 aliphatic carbocycles. The van der Waals surface area contributed by atoms with E-state index in [-0.39, 0.29) is 29.2 Å². The number of hydrogen-bond acceptors (Lipinski definition) is 4. The maximum atomic E-state index is 13.4. The van der Waals surface area contributed by atoms with Crippen LogP contribution in [-0.4, -0.2) is 27.0 Å². The van der Waals surface area contributed by atoms with Crippen LogP contribution in [0.15, 0.2) is 42.7 Å². The Hall–Kier alpha value is -3.62. The van der Waals surface area contributed by atoms with Crippen LogP contribution >= 0.6 is 0 Å². The molecule has 3 N–H and O–H groups in total. The molecule has 0 aliphatic rings. The molecule has 138 valence electrons. The average Bonchev–Trinajstić information content (AvgIpc) is 3.12. The van der Waals surface area contributed by atoms with E-state index in [9.17, 15) is 18.4 Å². The molecule has 0 saturated carbocycles. The second-order valence-corrected chi connectivity index (χ2v) is 5.75. The molecule has 0 aliphatic heterocycles. The molecular weight excluding hydrogens is 356 g/mol. The summed E-state index contributed by atoms with van der Waals surface area (Å²) >= 11 is 0. The number of carbonyl (C=O) groups excluding carboxylic acids is 2. The Bertz CT molecular complexity index is 989. The van der Waals surface area contributed by atoms with E-state index >= 15 is 0 Å². The highest BCUT2D eigenvalue weighted by atomic mass is 19.2. The first-order valence-electron chi connectivity index (χ1n) is 7.93. The first kappa shape index (κ1) is 18.2. The van der Waals surface area contributed by atoms with Crippen molar-refractivity contribution in [2.24, 2.45) is 0 Å². The Balaban J connectivity index is 1.64. The molecule has 2 amide bonds. The van der Waals surface area contributed by atoms with Gasteiger partial charge in [-0.25, -0.2) is 8.78 Å². The lowest BCUT2D eigenvalue weighted by molar-refractivity contribution is 0.0945. The molecular formula is C18H15F2N5O2. The van der Waals surface area contributed by atoms with Crippen LogP contribution in [0, 0.1) is 18.6 Å². The van der Waals surface area contributed by atoms with E-state index < -0.39 is 23.4 Å². The molecule has 3 aromatic rings. The van der Waals surface area contributed by atoms with Gasteiger partial charge in [0.1, 0.15) is 5.82 Å². The summed E-state index contributed by atoms with van der Waals surface area (Å²) in [6, 6.07) is 6.66. The second-order valence-electron chi connectivity index (χ2n) is 5.75. The lowest BCUT2D eigenvalue weighted by atomic mass is 10.1. The normalized spacial score (nSPS) is 10.5. The smallest absolute Gasteiger partial charge is 0.272 e. The summed E-state index contributed by atoms with van der Waals surface area (Å²) in [5, 5.41) is 11.5. The van der Waals surface area contributed by atoms with Crippen molar-refractivity contribution in [1.29, 1.82) is 0 Å². The Morgan fingerprint density at radius 1 is 1.15 bits per heavy atom. The summed E-state index contributed by atoms with van der Waals surface area (Å²) in [7, 11) is 0. The molecule has 27 heavy (non-hydrogen) atoms. The quantitative estimate of drug-likeness (QED) is 0.642. The van der Waals surface area contributed by atoms with Crippen molar-refractivity contribution in [1.82, 2.24) is 20.5 Å². The zero-order valence-corrected chi connectivity index (χ0v) is 14.2. The number of H-pyrrole nitrogens is 1. The largest absolute Gasteiger partial charge is 0.347 e. The van der Waals surface area contributed by atoms with Crippen molar-refractivity contribution >= 4 is 17.6 Å². The molecule has 0 spiro atoms. The van der Waals surface area contributed by atoms with Crippen LogP contribution in [0.4, 0.5) is 14.6 Å². The van der Waals surface area contributed by atoms with Gasteiger partial charge in [0.15, 0.2) is 17.3 Å². The minimum atomic E-state index is -1.12. The monoisotopic (exact) mass is 371 g/mol. The van der Waals surface area contributed by atoms with Crippen molar-refractivity contribution < 1.29 is 18.4 Å². The number of nitrogens with one attached hydrogen (secondary N) is 3. The van der Waals surface area contributed by atoms with Crippen LogP contribution in [-0.2, 0) is 6.54 Å². The van der Waals surface area contributed by atoms with Crippen LogP contribution < -0.4 is 10.6 Å². The van der Waals surface area contributed by atoms with Crippen LogP contribution in [0.5, 0.6) is 0 Å². The summed E-state index contributed by atoms with van der Waals surface area (Å²) in [4.78, 5) is 28.3. The van der Waals surface area contributed by atoms with Gasteiger partial charge in [-0.1, -0.05) is 6.07 Å². The fraction of sp³-hybridized carbons (Fsp3) is 0.111. The van der Waals surface area contributed by atoms with E-state index in [1.807, 2.05) is 6.07 Å². The van der Waals surface area contributed by atoms with Gasteiger partial charge in [-0.2, -0.15) is 5.10 Å². The molecule has 2 aromatic heterocycles. The highest BCUT2D eigenvalue weighted by molar-refractivity contribution is 6.05. The van der Waals surface area contributed by atoms with Gasteiger partial charge in [0, 0.05) is 30.6 Å². The molecule has 9 heteroatoms. The zero-order valence-electron chi connectivity index (χ0n) is 14.2. The first-order chi connectivity index (χ1) is 12.9. The van der Waals surface area contributed by atoms with Gasteiger partial charge in [0.05, 0.1) is 0 Å². The molecule has 0 bridgehead atoms. The Morgan fingerprint density at radius 2 is 1.93 bits per heavy atom. The third-order valence-electron chi connectivity index (χ3n) is 3.75. The molecule has 7 nitrogen and oxygen atoms in total. The van der Waals surface area contributed by atoms with Gasteiger partial charge < -0.3 is 10.6 Å². The summed E-state index contributed by atoms with van der Waals surface area (Å²) in [5.41, 5.74) is 1.14. The standard InChI is InChI=1S/C18H15F2N5O2/c1-10-5-13(19)14(20)6-12(10)17(26)23-16-7-15(24-25-16)18(27)22-9-11-3-2-4-21-8-11/h2-8H,9H2,1H3,(H,22,27)(H2,23,24,25,26). The number of nitrogens with zero attached hydrogens (tertiary/aromatic N) is 2. The SMILES string of the molecule is Cc1cc(F)c(F)cc1C(=O)Nc1cc(C(=O)NCc2cccnc2)n[nH]1. The van der Waals surface area contributed by atoms with Gasteiger partial charge >= 0.3 is 0 Å². The number of rotatable bonds is 5. The fourth-order valence-corrected chi connectivity index (χ4v) is 2.36.